The van der Waals surface area contributed by atoms with Crippen LogP contribution in [0, 0.1) is 6.92 Å². The minimum atomic E-state index is -0.319. The van der Waals surface area contributed by atoms with E-state index in [0.29, 0.717) is 30.0 Å². The number of benzene rings is 3. The molecule has 9 nitrogen and oxygen atoms in total. The van der Waals surface area contributed by atoms with Gasteiger partial charge in [-0.1, -0.05) is 42.0 Å². The van der Waals surface area contributed by atoms with Crippen molar-refractivity contribution in [2.45, 2.75) is 6.92 Å². The van der Waals surface area contributed by atoms with E-state index in [1.807, 2.05) is 67.6 Å². The molecule has 5 rings (SSSR count). The smallest absolute Gasteiger partial charge is 0.274 e. The maximum atomic E-state index is 13.1. The number of anilines is 2. The number of nitrogens with zero attached hydrogens (tertiary/aromatic N) is 2. The minimum Gasteiger partial charge on any atom is -0.395 e. The summed E-state index contributed by atoms with van der Waals surface area (Å²) in [6.07, 6.45) is 0. The van der Waals surface area contributed by atoms with Crippen LogP contribution in [0.15, 0.2) is 72.8 Å². The number of aryl methyl sites for hydroxylation is 1. The maximum Gasteiger partial charge on any atom is 0.274 e. The van der Waals surface area contributed by atoms with Crippen molar-refractivity contribution in [1.29, 1.82) is 0 Å². The number of hydrogen-bond donors (Lipinski definition) is 4. The van der Waals surface area contributed by atoms with Crippen LogP contribution in [0.1, 0.15) is 27.0 Å². The van der Waals surface area contributed by atoms with E-state index in [1.165, 1.54) is 0 Å². The van der Waals surface area contributed by atoms with Crippen LogP contribution in [0.5, 0.6) is 0 Å². The van der Waals surface area contributed by atoms with Crippen LogP contribution in [0.25, 0.3) is 11.3 Å². The van der Waals surface area contributed by atoms with Gasteiger partial charge in [0.05, 0.1) is 24.5 Å². The van der Waals surface area contributed by atoms with Crippen molar-refractivity contribution in [3.8, 4) is 0 Å². The first kappa shape index (κ1) is 27.5. The molecule has 1 fully saturated rings. The van der Waals surface area contributed by atoms with E-state index in [1.54, 1.807) is 12.1 Å². The third-order valence-corrected chi connectivity index (χ3v) is 7.20. The summed E-state index contributed by atoms with van der Waals surface area (Å²) >= 11 is 0. The number of piperazine rings is 1. The lowest BCUT2D eigenvalue weighted by atomic mass is 9.98. The molecule has 2 heterocycles. The molecular weight excluding hydrogens is 506 g/mol. The highest BCUT2D eigenvalue weighted by Crippen LogP contribution is 2.38. The first-order chi connectivity index (χ1) is 19.5. The number of aliphatic hydroxyl groups is 1. The average molecular weight is 542 g/mol. The van der Waals surface area contributed by atoms with E-state index in [2.05, 4.69) is 25.9 Å². The average Bonchev–Trinajstić information content (AvgIpc) is 3.30. The number of β-amino-alcohol motifs (C(OH)–C–C–N with tert-alkyl or cyclic N) is 1. The molecule has 0 radical (unpaired) electrons. The molecule has 4 N–H and O–H groups in total. The predicted molar refractivity (Wildman–Crippen MR) is 157 cm³/mol. The zero-order valence-electron chi connectivity index (χ0n) is 22.7. The SMILES string of the molecule is Cc1ccc2c(c1)C(=C(Nc1ccc(C(=O)NOCCN3CCN(CCO)CC3)cc1)c1ccccc1)C(=O)N2. The Hall–Kier alpha value is -4.02. The lowest BCUT2D eigenvalue weighted by Gasteiger charge is -2.34. The predicted octanol–water partition coefficient (Wildman–Crippen LogP) is 3.20. The number of carbonyl (C=O) groups excluding carboxylic acids is 2. The number of amides is 2. The van der Waals surface area contributed by atoms with E-state index >= 15 is 0 Å². The number of rotatable bonds is 10. The first-order valence-corrected chi connectivity index (χ1v) is 13.6. The van der Waals surface area contributed by atoms with Gasteiger partial charge in [0.25, 0.3) is 11.8 Å². The van der Waals surface area contributed by atoms with Crippen molar-refractivity contribution in [2.75, 3.05) is 63.1 Å². The third kappa shape index (κ3) is 6.57. The summed E-state index contributed by atoms with van der Waals surface area (Å²) in [4.78, 5) is 35.6. The Morgan fingerprint density at radius 2 is 1.62 bits per heavy atom. The molecule has 208 valence electrons. The van der Waals surface area contributed by atoms with Crippen molar-refractivity contribution in [1.82, 2.24) is 15.3 Å². The molecule has 2 amide bonds. The Balaban J connectivity index is 1.22. The number of nitrogens with one attached hydrogen (secondary N) is 3. The Morgan fingerprint density at radius 3 is 2.33 bits per heavy atom. The van der Waals surface area contributed by atoms with Gasteiger partial charge in [-0.05, 0) is 48.9 Å². The second-order valence-electron chi connectivity index (χ2n) is 10.0. The number of carbonyl (C=O) groups is 2. The second-order valence-corrected chi connectivity index (χ2v) is 10.0. The van der Waals surface area contributed by atoms with Crippen molar-refractivity contribution in [2.24, 2.45) is 0 Å². The van der Waals surface area contributed by atoms with E-state index in [4.69, 9.17) is 9.94 Å². The van der Waals surface area contributed by atoms with Gasteiger partial charge >= 0.3 is 0 Å². The number of aliphatic hydroxyl groups excluding tert-OH is 1. The molecule has 3 aromatic rings. The fourth-order valence-corrected chi connectivity index (χ4v) is 4.99. The molecule has 1 saturated heterocycles. The van der Waals surface area contributed by atoms with Crippen LogP contribution >= 0.6 is 0 Å². The van der Waals surface area contributed by atoms with Gasteiger partial charge in [0.15, 0.2) is 0 Å². The number of hydroxylamine groups is 1. The standard InChI is InChI=1S/C31H35N5O4/c1-22-7-12-27-26(21-22)28(31(39)33-27)29(23-5-3-2-4-6-23)32-25-10-8-24(9-11-25)30(38)34-40-20-18-36-15-13-35(14-16-36)17-19-37/h2-12,21,32,37H,13-20H2,1H3,(H,33,39)(H,34,38). The van der Waals surface area contributed by atoms with Crippen LogP contribution in [-0.2, 0) is 9.63 Å². The van der Waals surface area contributed by atoms with Crippen LogP contribution in [0.4, 0.5) is 11.4 Å². The molecule has 0 atom stereocenters. The first-order valence-electron chi connectivity index (χ1n) is 13.6. The second kappa shape index (κ2) is 12.9. The largest absolute Gasteiger partial charge is 0.395 e. The van der Waals surface area contributed by atoms with E-state index in [9.17, 15) is 9.59 Å². The molecule has 0 aliphatic carbocycles. The van der Waals surface area contributed by atoms with Crippen molar-refractivity contribution in [3.05, 3.63) is 95.1 Å². The highest BCUT2D eigenvalue weighted by atomic mass is 16.7. The number of hydrogen-bond acceptors (Lipinski definition) is 7. The summed E-state index contributed by atoms with van der Waals surface area (Å²) in [7, 11) is 0. The Kier molecular flexibility index (Phi) is 8.87. The van der Waals surface area contributed by atoms with Gasteiger partial charge in [-0.15, -0.1) is 0 Å². The molecule has 3 aromatic carbocycles. The highest BCUT2D eigenvalue weighted by molar-refractivity contribution is 6.37. The molecule has 2 aliphatic heterocycles. The van der Waals surface area contributed by atoms with Gasteiger partial charge in [-0.2, -0.15) is 0 Å². The van der Waals surface area contributed by atoms with Crippen molar-refractivity contribution >= 4 is 34.5 Å². The topological polar surface area (TPSA) is 106 Å². The molecule has 9 heteroatoms. The van der Waals surface area contributed by atoms with Gasteiger partial charge in [0.1, 0.15) is 0 Å². The Morgan fingerprint density at radius 1 is 0.925 bits per heavy atom. The maximum absolute atomic E-state index is 13.1. The summed E-state index contributed by atoms with van der Waals surface area (Å²) < 4.78 is 0. The number of fused-ring (bicyclic) bond motifs is 1. The lowest BCUT2D eigenvalue weighted by Crippen LogP contribution is -2.48. The minimum absolute atomic E-state index is 0.160. The molecule has 2 aliphatic rings. The summed E-state index contributed by atoms with van der Waals surface area (Å²) in [5, 5.41) is 15.5. The van der Waals surface area contributed by atoms with E-state index in [0.717, 1.165) is 60.8 Å². The quantitative estimate of drug-likeness (QED) is 0.177. The summed E-state index contributed by atoms with van der Waals surface area (Å²) in [6.45, 7) is 7.70. The van der Waals surface area contributed by atoms with Gasteiger partial charge < -0.3 is 15.7 Å². The molecule has 0 bridgehead atoms. The van der Waals surface area contributed by atoms with Crippen molar-refractivity contribution in [3.63, 3.8) is 0 Å². The fraction of sp³-hybridized carbons (Fsp3) is 0.290. The highest BCUT2D eigenvalue weighted by Gasteiger charge is 2.28. The van der Waals surface area contributed by atoms with Crippen LogP contribution in [0.3, 0.4) is 0 Å². The molecule has 0 unspecified atom stereocenters. The zero-order chi connectivity index (χ0) is 27.9. The van der Waals surface area contributed by atoms with Gasteiger partial charge in [0.2, 0.25) is 0 Å². The van der Waals surface area contributed by atoms with Gasteiger partial charge in [-0.25, -0.2) is 5.48 Å². The summed E-state index contributed by atoms with van der Waals surface area (Å²) in [5.41, 5.74) is 8.62. The summed E-state index contributed by atoms with van der Waals surface area (Å²) in [5.74, 6) is -0.479. The Labute approximate surface area is 234 Å². The molecule has 0 saturated carbocycles. The normalized spacial score (nSPS) is 16.8. The van der Waals surface area contributed by atoms with E-state index < -0.39 is 0 Å². The monoisotopic (exact) mass is 541 g/mol. The molecular formula is C31H35N5O4. The molecule has 0 spiro atoms. The van der Waals surface area contributed by atoms with Crippen LogP contribution in [-0.4, -0.2) is 79.2 Å². The molecule has 0 aromatic heterocycles. The van der Waals surface area contributed by atoms with Gasteiger partial charge in [0, 0.05) is 61.8 Å². The lowest BCUT2D eigenvalue weighted by molar-refractivity contribution is -0.110. The van der Waals surface area contributed by atoms with E-state index in [-0.39, 0.29) is 18.4 Å². The van der Waals surface area contributed by atoms with Crippen LogP contribution < -0.4 is 16.1 Å². The Bertz CT molecular complexity index is 1370. The fourth-order valence-electron chi connectivity index (χ4n) is 4.99. The molecule has 40 heavy (non-hydrogen) atoms. The van der Waals surface area contributed by atoms with Crippen molar-refractivity contribution < 1.29 is 19.5 Å². The van der Waals surface area contributed by atoms with Crippen LogP contribution in [0.2, 0.25) is 0 Å². The summed E-state index contributed by atoms with van der Waals surface area (Å²) in [6, 6.07) is 22.7. The zero-order valence-corrected chi connectivity index (χ0v) is 22.7. The third-order valence-electron chi connectivity index (χ3n) is 7.20. The van der Waals surface area contributed by atoms with Gasteiger partial charge in [-0.3, -0.25) is 24.2 Å².